The Balaban J connectivity index is 2.50. The first-order valence-corrected chi connectivity index (χ1v) is 6.73. The Kier molecular flexibility index (Phi) is 5.85. The van der Waals surface area contributed by atoms with Crippen molar-refractivity contribution in [3.05, 3.63) is 29.8 Å². The first kappa shape index (κ1) is 15.5. The molecule has 1 aromatic rings. The summed E-state index contributed by atoms with van der Waals surface area (Å²) in [5.74, 6) is 0.880. The molecule has 3 heteroatoms. The summed E-state index contributed by atoms with van der Waals surface area (Å²) in [5, 5.41) is 12.2. The summed E-state index contributed by atoms with van der Waals surface area (Å²) < 4.78 is 5.16. The summed E-state index contributed by atoms with van der Waals surface area (Å²) >= 11 is 0. The Morgan fingerprint density at radius 1 is 1.32 bits per heavy atom. The second kappa shape index (κ2) is 7.16. The maximum absolute atomic E-state index is 8.65. The SMILES string of the molecule is COc1ccc([C@H](C)NCC(C)(C)CCC#N)cc1. The smallest absolute Gasteiger partial charge is 0.118 e. The molecule has 0 saturated heterocycles. The van der Waals surface area contributed by atoms with E-state index in [0.717, 1.165) is 18.7 Å². The molecule has 104 valence electrons. The lowest BCUT2D eigenvalue weighted by molar-refractivity contribution is 0.304. The van der Waals surface area contributed by atoms with Crippen molar-refractivity contribution >= 4 is 0 Å². The Morgan fingerprint density at radius 2 is 1.95 bits per heavy atom. The molecule has 0 heterocycles. The van der Waals surface area contributed by atoms with E-state index in [4.69, 9.17) is 10.00 Å². The second-order valence-corrected chi connectivity index (χ2v) is 5.70. The summed E-state index contributed by atoms with van der Waals surface area (Å²) in [4.78, 5) is 0. The molecule has 0 spiro atoms. The fourth-order valence-corrected chi connectivity index (χ4v) is 1.92. The van der Waals surface area contributed by atoms with Crippen molar-refractivity contribution in [3.8, 4) is 11.8 Å². The topological polar surface area (TPSA) is 45.0 Å². The summed E-state index contributed by atoms with van der Waals surface area (Å²) in [7, 11) is 1.67. The number of hydrogen-bond donors (Lipinski definition) is 1. The third-order valence-corrected chi connectivity index (χ3v) is 3.42. The van der Waals surface area contributed by atoms with Crippen LogP contribution in [0.5, 0.6) is 5.75 Å². The maximum Gasteiger partial charge on any atom is 0.118 e. The van der Waals surface area contributed by atoms with Gasteiger partial charge in [-0.2, -0.15) is 5.26 Å². The third kappa shape index (κ3) is 5.32. The molecule has 0 fully saturated rings. The van der Waals surface area contributed by atoms with Gasteiger partial charge >= 0.3 is 0 Å². The predicted molar refractivity (Wildman–Crippen MR) is 78.0 cm³/mol. The van der Waals surface area contributed by atoms with Crippen LogP contribution in [0.15, 0.2) is 24.3 Å². The summed E-state index contributed by atoms with van der Waals surface area (Å²) in [5.41, 5.74) is 1.40. The fourth-order valence-electron chi connectivity index (χ4n) is 1.92. The molecule has 1 atom stereocenters. The van der Waals surface area contributed by atoms with Crippen LogP contribution in [0, 0.1) is 16.7 Å². The predicted octanol–water partition coefficient (Wildman–Crippen LogP) is 3.68. The van der Waals surface area contributed by atoms with Gasteiger partial charge in [-0.3, -0.25) is 0 Å². The van der Waals surface area contributed by atoms with Crippen LogP contribution in [0.25, 0.3) is 0 Å². The zero-order valence-corrected chi connectivity index (χ0v) is 12.4. The van der Waals surface area contributed by atoms with Crippen LogP contribution in [-0.4, -0.2) is 13.7 Å². The standard InChI is InChI=1S/C16H24N2O/c1-13(14-6-8-15(19-4)9-7-14)18-12-16(2,3)10-5-11-17/h6-9,13,18H,5,10,12H2,1-4H3/t13-/m0/s1. The fraction of sp³-hybridized carbons (Fsp3) is 0.562. The van der Waals surface area contributed by atoms with Crippen LogP contribution in [0.1, 0.15) is 45.2 Å². The van der Waals surface area contributed by atoms with Crippen LogP contribution in [0.4, 0.5) is 0 Å². The summed E-state index contributed by atoms with van der Waals surface area (Å²) in [6.45, 7) is 7.44. The molecular weight excluding hydrogens is 236 g/mol. The number of methoxy groups -OCH3 is 1. The number of benzene rings is 1. The molecular formula is C16H24N2O. The first-order chi connectivity index (χ1) is 8.98. The van der Waals surface area contributed by atoms with Gasteiger partial charge in [-0.25, -0.2) is 0 Å². The van der Waals surface area contributed by atoms with Crippen LogP contribution in [0.3, 0.4) is 0 Å². The van der Waals surface area contributed by atoms with Crippen molar-refractivity contribution in [2.24, 2.45) is 5.41 Å². The molecule has 0 amide bonds. The molecule has 0 aliphatic rings. The molecule has 19 heavy (non-hydrogen) atoms. The first-order valence-electron chi connectivity index (χ1n) is 6.73. The van der Waals surface area contributed by atoms with E-state index < -0.39 is 0 Å². The highest BCUT2D eigenvalue weighted by molar-refractivity contribution is 5.28. The van der Waals surface area contributed by atoms with Crippen LogP contribution >= 0.6 is 0 Å². The van der Waals surface area contributed by atoms with Gasteiger partial charge in [0, 0.05) is 19.0 Å². The zero-order chi connectivity index (χ0) is 14.3. The Labute approximate surface area is 116 Å². The molecule has 0 bridgehead atoms. The Bertz CT molecular complexity index is 417. The van der Waals surface area contributed by atoms with E-state index in [0.29, 0.717) is 12.5 Å². The van der Waals surface area contributed by atoms with Crippen molar-refractivity contribution in [2.75, 3.05) is 13.7 Å². The van der Waals surface area contributed by atoms with E-state index in [-0.39, 0.29) is 5.41 Å². The van der Waals surface area contributed by atoms with Crippen molar-refractivity contribution in [2.45, 2.75) is 39.7 Å². The van der Waals surface area contributed by atoms with Crippen LogP contribution in [0.2, 0.25) is 0 Å². The van der Waals surface area contributed by atoms with E-state index in [2.05, 4.69) is 44.3 Å². The van der Waals surface area contributed by atoms with Crippen molar-refractivity contribution < 1.29 is 4.74 Å². The van der Waals surface area contributed by atoms with Gasteiger partial charge in [-0.05, 0) is 36.5 Å². The highest BCUT2D eigenvalue weighted by atomic mass is 16.5. The minimum atomic E-state index is 0.149. The summed E-state index contributed by atoms with van der Waals surface area (Å²) in [6, 6.07) is 10.6. The van der Waals surface area contributed by atoms with E-state index in [1.165, 1.54) is 5.56 Å². The lowest BCUT2D eigenvalue weighted by Gasteiger charge is -2.26. The lowest BCUT2D eigenvalue weighted by atomic mass is 9.87. The van der Waals surface area contributed by atoms with Gasteiger partial charge in [0.15, 0.2) is 0 Å². The Morgan fingerprint density at radius 3 is 2.47 bits per heavy atom. The summed E-state index contributed by atoms with van der Waals surface area (Å²) in [6.07, 6.45) is 1.54. The number of rotatable bonds is 7. The number of hydrogen-bond acceptors (Lipinski definition) is 3. The van der Waals surface area contributed by atoms with E-state index in [1.807, 2.05) is 12.1 Å². The molecule has 0 saturated carbocycles. The number of ether oxygens (including phenoxy) is 1. The molecule has 0 unspecified atom stereocenters. The molecule has 1 aromatic carbocycles. The van der Waals surface area contributed by atoms with Crippen LogP contribution in [-0.2, 0) is 0 Å². The molecule has 0 radical (unpaired) electrons. The molecule has 0 aliphatic heterocycles. The van der Waals surface area contributed by atoms with Crippen LogP contribution < -0.4 is 10.1 Å². The van der Waals surface area contributed by atoms with Gasteiger partial charge < -0.3 is 10.1 Å². The van der Waals surface area contributed by atoms with Gasteiger partial charge in [0.1, 0.15) is 5.75 Å². The minimum Gasteiger partial charge on any atom is -0.497 e. The Hall–Kier alpha value is -1.53. The second-order valence-electron chi connectivity index (χ2n) is 5.70. The third-order valence-electron chi connectivity index (χ3n) is 3.42. The van der Waals surface area contributed by atoms with E-state index >= 15 is 0 Å². The molecule has 3 nitrogen and oxygen atoms in total. The van der Waals surface area contributed by atoms with Gasteiger partial charge in [0.05, 0.1) is 13.2 Å². The van der Waals surface area contributed by atoms with Gasteiger partial charge in [0.2, 0.25) is 0 Å². The number of nitrogens with one attached hydrogen (secondary N) is 1. The molecule has 0 aliphatic carbocycles. The molecule has 1 N–H and O–H groups in total. The quantitative estimate of drug-likeness (QED) is 0.813. The molecule has 0 aromatic heterocycles. The van der Waals surface area contributed by atoms with E-state index in [9.17, 15) is 0 Å². The van der Waals surface area contributed by atoms with E-state index in [1.54, 1.807) is 7.11 Å². The van der Waals surface area contributed by atoms with Gasteiger partial charge in [0.25, 0.3) is 0 Å². The molecule has 1 rings (SSSR count). The van der Waals surface area contributed by atoms with Crippen molar-refractivity contribution in [1.29, 1.82) is 5.26 Å². The average molecular weight is 260 g/mol. The number of nitrogens with zero attached hydrogens (tertiary/aromatic N) is 1. The van der Waals surface area contributed by atoms with Crippen molar-refractivity contribution in [3.63, 3.8) is 0 Å². The lowest BCUT2D eigenvalue weighted by Crippen LogP contribution is -2.31. The highest BCUT2D eigenvalue weighted by Crippen LogP contribution is 2.23. The normalized spacial score (nSPS) is 12.8. The van der Waals surface area contributed by atoms with Gasteiger partial charge in [-0.15, -0.1) is 0 Å². The number of nitriles is 1. The highest BCUT2D eigenvalue weighted by Gasteiger charge is 2.18. The monoisotopic (exact) mass is 260 g/mol. The largest absolute Gasteiger partial charge is 0.497 e. The zero-order valence-electron chi connectivity index (χ0n) is 12.4. The van der Waals surface area contributed by atoms with Crippen molar-refractivity contribution in [1.82, 2.24) is 5.32 Å². The average Bonchev–Trinajstić information content (AvgIpc) is 2.43. The van der Waals surface area contributed by atoms with Gasteiger partial charge in [-0.1, -0.05) is 26.0 Å². The minimum absolute atomic E-state index is 0.149. The maximum atomic E-state index is 8.65.